The lowest BCUT2D eigenvalue weighted by molar-refractivity contribution is 0.266. The van der Waals surface area contributed by atoms with E-state index < -0.39 is 0 Å². The molecule has 21 heavy (non-hydrogen) atoms. The normalized spacial score (nSPS) is 19.0. The van der Waals surface area contributed by atoms with Gasteiger partial charge in [0.15, 0.2) is 0 Å². The Morgan fingerprint density at radius 3 is 2.86 bits per heavy atom. The highest BCUT2D eigenvalue weighted by Crippen LogP contribution is 2.37. The van der Waals surface area contributed by atoms with Crippen LogP contribution < -0.4 is 10.1 Å². The molecule has 0 saturated carbocycles. The number of fused-ring (bicyclic) bond motifs is 1. The maximum absolute atomic E-state index is 5.74. The predicted octanol–water partition coefficient (Wildman–Crippen LogP) is 4.67. The van der Waals surface area contributed by atoms with Crippen LogP contribution in [0.25, 0.3) is 0 Å². The van der Waals surface area contributed by atoms with Gasteiger partial charge in [0.2, 0.25) is 0 Å². The Morgan fingerprint density at radius 1 is 1.33 bits per heavy atom. The minimum atomic E-state index is 0.210. The van der Waals surface area contributed by atoms with Crippen molar-refractivity contribution in [1.29, 1.82) is 0 Å². The highest BCUT2D eigenvalue weighted by molar-refractivity contribution is 5.38. The number of benzene rings is 1. The van der Waals surface area contributed by atoms with Gasteiger partial charge in [-0.1, -0.05) is 29.8 Å². The van der Waals surface area contributed by atoms with E-state index in [1.165, 1.54) is 11.1 Å². The third kappa shape index (κ3) is 5.20. The second-order valence-corrected chi connectivity index (χ2v) is 7.09. The number of para-hydroxylation sites is 1. The van der Waals surface area contributed by atoms with Gasteiger partial charge in [-0.15, -0.1) is 0 Å². The van der Waals surface area contributed by atoms with E-state index in [2.05, 4.69) is 63.4 Å². The van der Waals surface area contributed by atoms with Gasteiger partial charge < -0.3 is 10.1 Å². The highest BCUT2D eigenvalue weighted by Gasteiger charge is 2.20. The van der Waals surface area contributed by atoms with E-state index in [0.29, 0.717) is 5.92 Å². The molecule has 1 unspecified atom stereocenters. The molecule has 1 aliphatic rings. The van der Waals surface area contributed by atoms with Crippen molar-refractivity contribution in [2.45, 2.75) is 58.4 Å². The van der Waals surface area contributed by atoms with Gasteiger partial charge in [-0.3, -0.25) is 0 Å². The summed E-state index contributed by atoms with van der Waals surface area (Å²) < 4.78 is 5.74. The summed E-state index contributed by atoms with van der Waals surface area (Å²) in [4.78, 5) is 0. The van der Waals surface area contributed by atoms with Gasteiger partial charge in [0, 0.05) is 5.54 Å². The third-order valence-electron chi connectivity index (χ3n) is 3.94. The molecule has 1 aliphatic heterocycles. The zero-order chi connectivity index (χ0) is 15.3. The van der Waals surface area contributed by atoms with Crippen molar-refractivity contribution in [3.05, 3.63) is 41.5 Å². The van der Waals surface area contributed by atoms with Crippen molar-refractivity contribution in [2.24, 2.45) is 0 Å². The van der Waals surface area contributed by atoms with Crippen LogP contribution in [0, 0.1) is 0 Å². The lowest BCUT2D eigenvalue weighted by Gasteiger charge is -2.26. The molecule has 1 aromatic carbocycles. The molecule has 0 aromatic heterocycles. The molecular weight excluding hydrogens is 258 g/mol. The lowest BCUT2D eigenvalue weighted by atomic mass is 9.87. The second kappa shape index (κ2) is 7.13. The Morgan fingerprint density at radius 2 is 2.10 bits per heavy atom. The maximum Gasteiger partial charge on any atom is 0.122 e. The topological polar surface area (TPSA) is 21.3 Å². The average molecular weight is 287 g/mol. The van der Waals surface area contributed by atoms with E-state index in [1.807, 2.05) is 0 Å². The van der Waals surface area contributed by atoms with Crippen LogP contribution in [0.1, 0.15) is 58.4 Å². The quantitative estimate of drug-likeness (QED) is 0.628. The molecule has 116 valence electrons. The molecule has 0 amide bonds. The number of ether oxygens (including phenoxy) is 1. The van der Waals surface area contributed by atoms with Crippen LogP contribution in [0.2, 0.25) is 0 Å². The highest BCUT2D eigenvalue weighted by atomic mass is 16.5. The number of rotatable bonds is 5. The molecule has 1 atom stereocenters. The molecule has 1 heterocycles. The van der Waals surface area contributed by atoms with Gasteiger partial charge in [0.05, 0.1) is 6.61 Å². The van der Waals surface area contributed by atoms with Gasteiger partial charge in [0.25, 0.3) is 0 Å². The first-order valence-corrected chi connectivity index (χ1v) is 8.08. The Balaban J connectivity index is 1.87. The molecule has 2 rings (SSSR count). The Kier molecular flexibility index (Phi) is 5.46. The largest absolute Gasteiger partial charge is 0.493 e. The van der Waals surface area contributed by atoms with E-state index >= 15 is 0 Å². The minimum absolute atomic E-state index is 0.210. The molecule has 0 saturated heterocycles. The summed E-state index contributed by atoms with van der Waals surface area (Å²) in [6, 6.07) is 8.48. The summed E-state index contributed by atoms with van der Waals surface area (Å²) in [5.74, 6) is 1.69. The zero-order valence-electron chi connectivity index (χ0n) is 13.9. The molecule has 1 aromatic rings. The van der Waals surface area contributed by atoms with Crippen LogP contribution in [-0.2, 0) is 0 Å². The molecule has 0 spiro atoms. The van der Waals surface area contributed by atoms with Crippen molar-refractivity contribution in [3.63, 3.8) is 0 Å². The second-order valence-electron chi connectivity index (χ2n) is 7.09. The molecule has 2 nitrogen and oxygen atoms in total. The van der Waals surface area contributed by atoms with Crippen LogP contribution in [0.15, 0.2) is 35.9 Å². The van der Waals surface area contributed by atoms with Crippen molar-refractivity contribution in [1.82, 2.24) is 5.32 Å². The summed E-state index contributed by atoms with van der Waals surface area (Å²) in [5.41, 5.74) is 3.08. The Labute approximate surface area is 129 Å². The van der Waals surface area contributed by atoms with Gasteiger partial charge >= 0.3 is 0 Å². The fourth-order valence-electron chi connectivity index (χ4n) is 2.87. The molecule has 2 heteroatoms. The molecule has 1 N–H and O–H groups in total. The van der Waals surface area contributed by atoms with Crippen molar-refractivity contribution in [3.8, 4) is 5.75 Å². The predicted molar refractivity (Wildman–Crippen MR) is 90.0 cm³/mol. The van der Waals surface area contributed by atoms with Crippen LogP contribution in [0.5, 0.6) is 5.75 Å². The SMILES string of the molecule is C/C(=C/CCNC(C)(C)C)CC1CCOc2ccccc21. The van der Waals surface area contributed by atoms with Gasteiger partial charge in [-0.2, -0.15) is 0 Å². The molecular formula is C19H29NO. The number of allylic oxidation sites excluding steroid dienone is 1. The average Bonchev–Trinajstić information content (AvgIpc) is 2.43. The van der Waals surface area contributed by atoms with Crippen molar-refractivity contribution >= 4 is 0 Å². The minimum Gasteiger partial charge on any atom is -0.493 e. The summed E-state index contributed by atoms with van der Waals surface area (Å²) >= 11 is 0. The monoisotopic (exact) mass is 287 g/mol. The fraction of sp³-hybridized carbons (Fsp3) is 0.579. The smallest absolute Gasteiger partial charge is 0.122 e. The van der Waals surface area contributed by atoms with Gasteiger partial charge in [0.1, 0.15) is 5.75 Å². The van der Waals surface area contributed by atoms with E-state index in [-0.39, 0.29) is 5.54 Å². The molecule has 0 aliphatic carbocycles. The lowest BCUT2D eigenvalue weighted by Crippen LogP contribution is -2.36. The first-order chi connectivity index (χ1) is 9.96. The van der Waals surface area contributed by atoms with Gasteiger partial charge in [-0.05, 0) is 71.0 Å². The third-order valence-corrected chi connectivity index (χ3v) is 3.94. The summed E-state index contributed by atoms with van der Waals surface area (Å²) in [7, 11) is 0. The first kappa shape index (κ1) is 16.1. The van der Waals surface area contributed by atoms with Gasteiger partial charge in [-0.25, -0.2) is 0 Å². The first-order valence-electron chi connectivity index (χ1n) is 8.08. The standard InChI is InChI=1S/C19H29NO/c1-15(8-7-12-20-19(2,3)4)14-16-11-13-21-18-10-6-5-9-17(16)18/h5-6,8-10,16,20H,7,11-14H2,1-4H3/b15-8-. The molecule has 0 radical (unpaired) electrons. The Hall–Kier alpha value is -1.28. The van der Waals surface area contributed by atoms with E-state index in [1.54, 1.807) is 0 Å². The van der Waals surface area contributed by atoms with E-state index in [9.17, 15) is 0 Å². The summed E-state index contributed by atoms with van der Waals surface area (Å²) in [6.07, 6.45) is 5.77. The van der Waals surface area contributed by atoms with Crippen LogP contribution in [0.4, 0.5) is 0 Å². The summed E-state index contributed by atoms with van der Waals surface area (Å²) in [5, 5.41) is 3.53. The van der Waals surface area contributed by atoms with E-state index in [4.69, 9.17) is 4.74 Å². The number of nitrogens with one attached hydrogen (secondary N) is 1. The maximum atomic E-state index is 5.74. The van der Waals surface area contributed by atoms with Crippen LogP contribution >= 0.6 is 0 Å². The molecule has 0 bridgehead atoms. The zero-order valence-corrected chi connectivity index (χ0v) is 13.9. The van der Waals surface area contributed by atoms with Crippen molar-refractivity contribution in [2.75, 3.05) is 13.2 Å². The number of hydrogen-bond acceptors (Lipinski definition) is 2. The molecule has 0 fully saturated rings. The fourth-order valence-corrected chi connectivity index (χ4v) is 2.87. The van der Waals surface area contributed by atoms with Crippen LogP contribution in [-0.4, -0.2) is 18.7 Å². The summed E-state index contributed by atoms with van der Waals surface area (Å²) in [6.45, 7) is 10.8. The Bertz CT molecular complexity index is 485. The van der Waals surface area contributed by atoms with Crippen molar-refractivity contribution < 1.29 is 4.74 Å². The number of hydrogen-bond donors (Lipinski definition) is 1. The van der Waals surface area contributed by atoms with Crippen LogP contribution in [0.3, 0.4) is 0 Å². The van der Waals surface area contributed by atoms with E-state index in [0.717, 1.165) is 38.2 Å².